The van der Waals surface area contributed by atoms with E-state index in [1.807, 2.05) is 7.05 Å². The largest absolute Gasteiger partial charge is 0.316 e. The molecule has 1 N–H and O–H groups in total. The van der Waals surface area contributed by atoms with Crippen molar-refractivity contribution in [1.82, 2.24) is 10.6 Å². The number of alkyl halides is 1. The van der Waals surface area contributed by atoms with E-state index in [1.165, 1.54) is 0 Å². The number of nitrogens with zero attached hydrogens (tertiary/aromatic N) is 1. The third kappa shape index (κ3) is 1.17. The van der Waals surface area contributed by atoms with E-state index >= 15 is 0 Å². The maximum atomic E-state index is 12.2. The molecule has 1 radical (unpaired) electrons. The van der Waals surface area contributed by atoms with Gasteiger partial charge in [-0.3, -0.25) is 0 Å². The smallest absolute Gasteiger partial charge is 0.167 e. The maximum Gasteiger partial charge on any atom is 0.167 e. The van der Waals surface area contributed by atoms with Gasteiger partial charge in [0, 0.05) is 19.0 Å². The lowest BCUT2D eigenvalue weighted by molar-refractivity contribution is 0.301. The molecule has 0 bridgehead atoms. The molecule has 2 nitrogen and oxygen atoms in total. The molecule has 0 spiro atoms. The number of hydrogen-bond acceptors (Lipinski definition) is 1. The third-order valence-electron chi connectivity index (χ3n) is 1.41. The summed E-state index contributed by atoms with van der Waals surface area (Å²) in [6, 6.07) is 0.282. The lowest BCUT2D eigenvalue weighted by Crippen LogP contribution is -2.25. The monoisotopic (exact) mass is 117 g/mol. The van der Waals surface area contributed by atoms with Gasteiger partial charge < -0.3 is 5.32 Å². The van der Waals surface area contributed by atoms with Crippen LogP contribution in [0.5, 0.6) is 0 Å². The molecule has 1 heterocycles. The third-order valence-corrected chi connectivity index (χ3v) is 1.41. The van der Waals surface area contributed by atoms with Crippen molar-refractivity contribution >= 4 is 0 Å². The second-order valence-corrected chi connectivity index (χ2v) is 2.02. The summed E-state index contributed by atoms with van der Waals surface area (Å²) in [6.45, 7) is 0.637. The highest BCUT2D eigenvalue weighted by atomic mass is 19.1. The van der Waals surface area contributed by atoms with Crippen LogP contribution in [-0.2, 0) is 0 Å². The number of hydrogen-bond donors (Lipinski definition) is 1. The van der Waals surface area contributed by atoms with E-state index in [0.717, 1.165) is 0 Å². The highest BCUT2D eigenvalue weighted by molar-refractivity contribution is 4.78. The SMILES string of the molecule is CNC1C[N]C(F)C1. The first-order chi connectivity index (χ1) is 3.83. The fourth-order valence-corrected chi connectivity index (χ4v) is 0.835. The van der Waals surface area contributed by atoms with Crippen LogP contribution in [0.15, 0.2) is 0 Å². The number of likely N-dealkylation sites (N-methyl/N-ethyl adjacent to an activating group) is 1. The lowest BCUT2D eigenvalue weighted by Gasteiger charge is -2.01. The maximum absolute atomic E-state index is 12.2. The van der Waals surface area contributed by atoms with Crippen LogP contribution >= 0.6 is 0 Å². The summed E-state index contributed by atoms with van der Waals surface area (Å²) in [7, 11) is 1.83. The Morgan fingerprint density at radius 3 is 2.75 bits per heavy atom. The highest BCUT2D eigenvalue weighted by Gasteiger charge is 2.22. The molecular formula is C5H10FN2. The van der Waals surface area contributed by atoms with Crippen molar-refractivity contribution in [2.24, 2.45) is 0 Å². The van der Waals surface area contributed by atoms with E-state index < -0.39 is 6.30 Å². The molecule has 3 heteroatoms. The van der Waals surface area contributed by atoms with Crippen LogP contribution in [0.25, 0.3) is 0 Å². The van der Waals surface area contributed by atoms with Crippen molar-refractivity contribution < 1.29 is 4.39 Å². The van der Waals surface area contributed by atoms with Crippen LogP contribution in [0.1, 0.15) is 6.42 Å². The van der Waals surface area contributed by atoms with E-state index in [0.29, 0.717) is 13.0 Å². The molecule has 1 fully saturated rings. The standard InChI is InChI=1S/C5H10FN2/c1-7-4-2-5(6)8-3-4/h4-5,7H,2-3H2,1H3. The Kier molecular flexibility index (Phi) is 1.81. The molecule has 2 unspecified atom stereocenters. The zero-order valence-electron chi connectivity index (χ0n) is 4.89. The molecule has 1 aliphatic rings. The van der Waals surface area contributed by atoms with Gasteiger partial charge in [0.05, 0.1) is 0 Å². The number of halogens is 1. The normalized spacial score (nSPS) is 38.2. The summed E-state index contributed by atoms with van der Waals surface area (Å²) in [5.41, 5.74) is 0. The van der Waals surface area contributed by atoms with Crippen LogP contribution in [0.2, 0.25) is 0 Å². The van der Waals surface area contributed by atoms with Crippen LogP contribution in [-0.4, -0.2) is 25.9 Å². The van der Waals surface area contributed by atoms with E-state index in [-0.39, 0.29) is 6.04 Å². The summed E-state index contributed by atoms with van der Waals surface area (Å²) < 4.78 is 12.2. The molecule has 1 saturated heterocycles. The average molecular weight is 117 g/mol. The summed E-state index contributed by atoms with van der Waals surface area (Å²) in [5.74, 6) is 0. The fourth-order valence-electron chi connectivity index (χ4n) is 0.835. The summed E-state index contributed by atoms with van der Waals surface area (Å²) in [5, 5.41) is 6.62. The van der Waals surface area contributed by atoms with Crippen LogP contribution in [0.3, 0.4) is 0 Å². The first kappa shape index (κ1) is 5.98. The predicted molar refractivity (Wildman–Crippen MR) is 29.4 cm³/mol. The van der Waals surface area contributed by atoms with Crippen molar-refractivity contribution in [3.05, 3.63) is 0 Å². The minimum atomic E-state index is -0.910. The summed E-state index contributed by atoms with van der Waals surface area (Å²) >= 11 is 0. The van der Waals surface area contributed by atoms with Gasteiger partial charge >= 0.3 is 0 Å². The fraction of sp³-hybridized carbons (Fsp3) is 1.00. The molecular weight excluding hydrogens is 107 g/mol. The van der Waals surface area contributed by atoms with Gasteiger partial charge in [0.25, 0.3) is 0 Å². The van der Waals surface area contributed by atoms with Crippen molar-refractivity contribution in [3.8, 4) is 0 Å². The molecule has 2 atom stereocenters. The molecule has 1 aliphatic heterocycles. The van der Waals surface area contributed by atoms with Crippen molar-refractivity contribution in [2.75, 3.05) is 13.6 Å². The molecule has 0 aromatic carbocycles. The molecule has 0 aliphatic carbocycles. The van der Waals surface area contributed by atoms with E-state index in [2.05, 4.69) is 10.6 Å². The predicted octanol–water partition coefficient (Wildman–Crippen LogP) is -0.122. The molecule has 0 aromatic heterocycles. The van der Waals surface area contributed by atoms with Gasteiger partial charge in [-0.05, 0) is 7.05 Å². The zero-order valence-corrected chi connectivity index (χ0v) is 4.89. The van der Waals surface area contributed by atoms with Crippen LogP contribution in [0.4, 0.5) is 4.39 Å². The number of rotatable bonds is 1. The minimum absolute atomic E-state index is 0.282. The Labute approximate surface area is 48.5 Å². The Morgan fingerprint density at radius 2 is 2.50 bits per heavy atom. The van der Waals surface area contributed by atoms with Crippen LogP contribution < -0.4 is 10.6 Å². The summed E-state index contributed by atoms with van der Waals surface area (Å²) in [4.78, 5) is 0. The van der Waals surface area contributed by atoms with Crippen LogP contribution in [0, 0.1) is 0 Å². The molecule has 0 saturated carbocycles. The summed E-state index contributed by atoms with van der Waals surface area (Å²) in [6.07, 6.45) is -0.358. The Morgan fingerprint density at radius 1 is 1.75 bits per heavy atom. The van der Waals surface area contributed by atoms with Gasteiger partial charge in [0.2, 0.25) is 0 Å². The zero-order chi connectivity index (χ0) is 5.98. The van der Waals surface area contributed by atoms with Gasteiger partial charge in [-0.25, -0.2) is 9.71 Å². The van der Waals surface area contributed by atoms with Crippen molar-refractivity contribution in [1.29, 1.82) is 0 Å². The Hall–Kier alpha value is -0.150. The molecule has 1 rings (SSSR count). The quantitative estimate of drug-likeness (QED) is 0.476. The first-order valence-corrected chi connectivity index (χ1v) is 2.81. The second kappa shape index (κ2) is 2.42. The molecule has 0 amide bonds. The molecule has 0 aromatic rings. The van der Waals surface area contributed by atoms with Crippen molar-refractivity contribution in [3.63, 3.8) is 0 Å². The Balaban J connectivity index is 2.22. The second-order valence-electron chi connectivity index (χ2n) is 2.02. The van der Waals surface area contributed by atoms with Gasteiger partial charge in [0.1, 0.15) is 0 Å². The minimum Gasteiger partial charge on any atom is -0.316 e. The van der Waals surface area contributed by atoms with Gasteiger partial charge in [0.15, 0.2) is 6.30 Å². The van der Waals surface area contributed by atoms with E-state index in [4.69, 9.17) is 0 Å². The van der Waals surface area contributed by atoms with Crippen molar-refractivity contribution in [2.45, 2.75) is 18.8 Å². The first-order valence-electron chi connectivity index (χ1n) is 2.81. The Bertz CT molecular complexity index is 76.8. The molecule has 47 valence electrons. The van der Waals surface area contributed by atoms with Gasteiger partial charge in [-0.2, -0.15) is 0 Å². The molecule has 8 heavy (non-hydrogen) atoms. The topological polar surface area (TPSA) is 26.1 Å². The average Bonchev–Trinajstić information content (AvgIpc) is 2.14. The van der Waals surface area contributed by atoms with Gasteiger partial charge in [-0.15, -0.1) is 0 Å². The highest BCUT2D eigenvalue weighted by Crippen LogP contribution is 2.07. The van der Waals surface area contributed by atoms with E-state index in [9.17, 15) is 4.39 Å². The van der Waals surface area contributed by atoms with Gasteiger partial charge in [-0.1, -0.05) is 0 Å². The van der Waals surface area contributed by atoms with E-state index in [1.54, 1.807) is 0 Å². The lowest BCUT2D eigenvalue weighted by atomic mass is 10.3. The number of nitrogens with one attached hydrogen (secondary N) is 1.